The zero-order chi connectivity index (χ0) is 21.6. The predicted molar refractivity (Wildman–Crippen MR) is 119 cm³/mol. The molecule has 0 aliphatic carbocycles. The fourth-order valence-electron chi connectivity index (χ4n) is 4.43. The standard InChI is InChI=1S/C24H30F2N4O/c1-2-27-24(28-15-18-12-14-31-23(18)17-7-4-3-5-8-17)29-19-11-13-30(16-19)22-20(25)9-6-10-21(22)26/h3-10,18-19,23H,2,11-16H2,1H3,(H2,27,28,29). The second-order valence-corrected chi connectivity index (χ2v) is 8.12. The Hall–Kier alpha value is -2.67. The molecule has 2 saturated heterocycles. The summed E-state index contributed by atoms with van der Waals surface area (Å²) in [6.45, 7) is 5.30. The normalized spacial score (nSPS) is 23.9. The molecule has 31 heavy (non-hydrogen) atoms. The monoisotopic (exact) mass is 428 g/mol. The Labute approximate surface area is 182 Å². The number of nitrogens with zero attached hydrogens (tertiary/aromatic N) is 2. The smallest absolute Gasteiger partial charge is 0.191 e. The van der Waals surface area contributed by atoms with Crippen LogP contribution >= 0.6 is 0 Å². The van der Waals surface area contributed by atoms with Crippen molar-refractivity contribution in [1.29, 1.82) is 0 Å². The van der Waals surface area contributed by atoms with Gasteiger partial charge in [-0.3, -0.25) is 4.99 Å². The van der Waals surface area contributed by atoms with Crippen molar-refractivity contribution < 1.29 is 13.5 Å². The summed E-state index contributed by atoms with van der Waals surface area (Å²) in [4.78, 5) is 6.58. The van der Waals surface area contributed by atoms with Gasteiger partial charge < -0.3 is 20.3 Å². The van der Waals surface area contributed by atoms with Crippen LogP contribution in [0.1, 0.15) is 31.4 Å². The average Bonchev–Trinajstić information content (AvgIpc) is 3.42. The fourth-order valence-corrected chi connectivity index (χ4v) is 4.43. The Balaban J connectivity index is 1.38. The summed E-state index contributed by atoms with van der Waals surface area (Å²) in [5.41, 5.74) is 1.25. The lowest BCUT2D eigenvalue weighted by atomic mass is 9.95. The highest BCUT2D eigenvalue weighted by Gasteiger charge is 2.30. The van der Waals surface area contributed by atoms with Crippen LogP contribution in [0.25, 0.3) is 0 Å². The van der Waals surface area contributed by atoms with Gasteiger partial charge in [0.15, 0.2) is 5.96 Å². The second-order valence-electron chi connectivity index (χ2n) is 8.12. The molecule has 2 aromatic rings. The third kappa shape index (κ3) is 5.15. The van der Waals surface area contributed by atoms with Gasteiger partial charge in [0, 0.05) is 44.7 Å². The van der Waals surface area contributed by atoms with Crippen molar-refractivity contribution in [3.63, 3.8) is 0 Å². The first-order valence-electron chi connectivity index (χ1n) is 11.1. The van der Waals surface area contributed by atoms with E-state index in [2.05, 4.69) is 22.8 Å². The summed E-state index contributed by atoms with van der Waals surface area (Å²) in [5, 5.41) is 6.74. The Morgan fingerprint density at radius 1 is 1.10 bits per heavy atom. The maximum atomic E-state index is 14.1. The third-order valence-corrected chi connectivity index (χ3v) is 5.95. The average molecular weight is 429 g/mol. The molecule has 5 nitrogen and oxygen atoms in total. The summed E-state index contributed by atoms with van der Waals surface area (Å²) in [5.74, 6) is 0.0244. The number of anilines is 1. The molecule has 2 aliphatic heterocycles. The van der Waals surface area contributed by atoms with Gasteiger partial charge in [0.25, 0.3) is 0 Å². The number of benzene rings is 2. The van der Waals surface area contributed by atoms with E-state index in [-0.39, 0.29) is 17.8 Å². The van der Waals surface area contributed by atoms with Gasteiger partial charge in [-0.25, -0.2) is 8.78 Å². The quantitative estimate of drug-likeness (QED) is 0.542. The zero-order valence-electron chi connectivity index (χ0n) is 17.9. The van der Waals surface area contributed by atoms with Gasteiger partial charge in [-0.1, -0.05) is 36.4 Å². The molecule has 2 aliphatic rings. The van der Waals surface area contributed by atoms with E-state index in [0.717, 1.165) is 32.0 Å². The number of ether oxygens (including phenoxy) is 1. The number of para-hydroxylation sites is 1. The van der Waals surface area contributed by atoms with Crippen LogP contribution in [0.4, 0.5) is 14.5 Å². The molecule has 3 atom stereocenters. The van der Waals surface area contributed by atoms with E-state index in [0.29, 0.717) is 25.6 Å². The van der Waals surface area contributed by atoms with Gasteiger partial charge in [0.05, 0.1) is 6.10 Å². The Bertz CT molecular complexity index is 872. The van der Waals surface area contributed by atoms with Crippen LogP contribution in [-0.4, -0.2) is 44.8 Å². The third-order valence-electron chi connectivity index (χ3n) is 5.95. The molecule has 3 unspecified atom stereocenters. The summed E-state index contributed by atoms with van der Waals surface area (Å²) >= 11 is 0. The molecule has 0 bridgehead atoms. The van der Waals surface area contributed by atoms with E-state index in [1.165, 1.54) is 23.8 Å². The van der Waals surface area contributed by atoms with Crippen molar-refractivity contribution in [1.82, 2.24) is 10.6 Å². The highest BCUT2D eigenvalue weighted by atomic mass is 19.1. The predicted octanol–water partition coefficient (Wildman–Crippen LogP) is 3.88. The van der Waals surface area contributed by atoms with E-state index in [9.17, 15) is 8.78 Å². The number of guanidine groups is 1. The first kappa shape index (κ1) is 21.6. The van der Waals surface area contributed by atoms with E-state index < -0.39 is 11.6 Å². The van der Waals surface area contributed by atoms with Gasteiger partial charge >= 0.3 is 0 Å². The van der Waals surface area contributed by atoms with Crippen LogP contribution in [0.15, 0.2) is 53.5 Å². The molecule has 166 valence electrons. The van der Waals surface area contributed by atoms with Crippen LogP contribution in [0.2, 0.25) is 0 Å². The molecular formula is C24H30F2N4O. The molecule has 2 N–H and O–H groups in total. The van der Waals surface area contributed by atoms with Crippen LogP contribution in [0, 0.1) is 17.6 Å². The summed E-state index contributed by atoms with van der Waals surface area (Å²) in [7, 11) is 0. The first-order valence-corrected chi connectivity index (χ1v) is 11.1. The van der Waals surface area contributed by atoms with E-state index in [1.807, 2.05) is 25.1 Å². The molecule has 7 heteroatoms. The Morgan fingerprint density at radius 3 is 2.61 bits per heavy atom. The zero-order valence-corrected chi connectivity index (χ0v) is 17.9. The molecule has 2 aromatic carbocycles. The van der Waals surface area contributed by atoms with Crippen molar-refractivity contribution in [3.05, 3.63) is 65.7 Å². The van der Waals surface area contributed by atoms with Crippen molar-refractivity contribution in [2.75, 3.05) is 37.7 Å². The second kappa shape index (κ2) is 10.1. The lowest BCUT2D eigenvalue weighted by Gasteiger charge is -2.22. The van der Waals surface area contributed by atoms with Crippen LogP contribution in [-0.2, 0) is 4.74 Å². The number of aliphatic imine (C=N–C) groups is 1. The number of hydrogen-bond acceptors (Lipinski definition) is 3. The number of rotatable bonds is 6. The maximum Gasteiger partial charge on any atom is 0.191 e. The van der Waals surface area contributed by atoms with Crippen molar-refractivity contribution in [2.24, 2.45) is 10.9 Å². The van der Waals surface area contributed by atoms with E-state index >= 15 is 0 Å². The molecule has 0 radical (unpaired) electrons. The Morgan fingerprint density at radius 2 is 1.87 bits per heavy atom. The lowest BCUT2D eigenvalue weighted by Crippen LogP contribution is -2.45. The Kier molecular flexibility index (Phi) is 7.02. The number of hydrogen-bond donors (Lipinski definition) is 2. The van der Waals surface area contributed by atoms with Crippen LogP contribution in [0.3, 0.4) is 0 Å². The minimum Gasteiger partial charge on any atom is -0.373 e. The van der Waals surface area contributed by atoms with E-state index in [4.69, 9.17) is 9.73 Å². The van der Waals surface area contributed by atoms with Gasteiger partial charge in [-0.05, 0) is 37.5 Å². The molecule has 2 heterocycles. The van der Waals surface area contributed by atoms with E-state index in [1.54, 1.807) is 4.90 Å². The molecule has 0 aromatic heterocycles. The van der Waals surface area contributed by atoms with Crippen molar-refractivity contribution in [3.8, 4) is 0 Å². The van der Waals surface area contributed by atoms with Gasteiger partial charge in [0.2, 0.25) is 0 Å². The molecule has 0 amide bonds. The first-order chi connectivity index (χ1) is 15.2. The largest absolute Gasteiger partial charge is 0.373 e. The van der Waals surface area contributed by atoms with Crippen molar-refractivity contribution >= 4 is 11.6 Å². The summed E-state index contributed by atoms with van der Waals surface area (Å²) in [6.07, 6.45) is 1.84. The minimum absolute atomic E-state index is 0.0579. The molecule has 0 saturated carbocycles. The molecule has 0 spiro atoms. The fraction of sp³-hybridized carbons (Fsp3) is 0.458. The maximum absolute atomic E-state index is 14.1. The molecule has 2 fully saturated rings. The summed E-state index contributed by atoms with van der Waals surface area (Å²) in [6, 6.07) is 14.4. The van der Waals surface area contributed by atoms with Crippen molar-refractivity contribution in [2.45, 2.75) is 31.9 Å². The van der Waals surface area contributed by atoms with Crippen LogP contribution in [0.5, 0.6) is 0 Å². The highest BCUT2D eigenvalue weighted by Crippen LogP contribution is 2.34. The number of nitrogens with one attached hydrogen (secondary N) is 2. The SMILES string of the molecule is CCNC(=NCC1CCOC1c1ccccc1)NC1CCN(c2c(F)cccc2F)C1. The number of halogens is 2. The highest BCUT2D eigenvalue weighted by molar-refractivity contribution is 5.80. The summed E-state index contributed by atoms with van der Waals surface area (Å²) < 4.78 is 34.2. The van der Waals surface area contributed by atoms with Gasteiger partial charge in [-0.2, -0.15) is 0 Å². The van der Waals surface area contributed by atoms with Crippen LogP contribution < -0.4 is 15.5 Å². The molecular weight excluding hydrogens is 398 g/mol. The van der Waals surface area contributed by atoms with Gasteiger partial charge in [0.1, 0.15) is 17.3 Å². The topological polar surface area (TPSA) is 48.9 Å². The van der Waals surface area contributed by atoms with Gasteiger partial charge in [-0.15, -0.1) is 0 Å². The molecule has 4 rings (SSSR count). The lowest BCUT2D eigenvalue weighted by molar-refractivity contribution is 0.0925. The minimum atomic E-state index is -0.519.